The van der Waals surface area contributed by atoms with Crippen LogP contribution in [-0.4, -0.2) is 10.2 Å². The van der Waals surface area contributed by atoms with Gasteiger partial charge in [0.1, 0.15) is 11.3 Å². The Morgan fingerprint density at radius 1 is 1.09 bits per heavy atom. The number of rotatable bonds is 4. The van der Waals surface area contributed by atoms with E-state index in [1.165, 1.54) is 18.2 Å². The van der Waals surface area contributed by atoms with Crippen molar-refractivity contribution >= 4 is 57.3 Å². The number of carbonyl (C=O) groups excluding carboxylic acids is 1. The molecule has 2 rings (SSSR count). The molecule has 0 bridgehead atoms. The summed E-state index contributed by atoms with van der Waals surface area (Å²) in [6.07, 6.45) is 0. The van der Waals surface area contributed by atoms with E-state index in [-0.39, 0.29) is 27.1 Å². The first kappa shape index (κ1) is 16.8. The van der Waals surface area contributed by atoms with Gasteiger partial charge in [0.15, 0.2) is 5.75 Å². The maximum absolute atomic E-state index is 11.3. The highest BCUT2D eigenvalue weighted by atomic mass is 35.5. The minimum absolute atomic E-state index is 0.106. The largest absolute Gasteiger partial charge is 0.454 e. The molecule has 0 amide bonds. The van der Waals surface area contributed by atoms with Crippen molar-refractivity contribution in [1.82, 2.24) is 0 Å². The summed E-state index contributed by atoms with van der Waals surface area (Å²) >= 11 is 23.1. The summed E-state index contributed by atoms with van der Waals surface area (Å²) in [5.41, 5.74) is -0.731. The third-order valence-electron chi connectivity index (χ3n) is 2.56. The molecule has 0 saturated carbocycles. The number of ether oxygens (including phenoxy) is 1. The van der Waals surface area contributed by atoms with E-state index in [1.807, 2.05) is 0 Å². The number of benzene rings is 2. The highest BCUT2D eigenvalue weighted by Gasteiger charge is 2.20. The normalized spacial score (nSPS) is 10.4. The number of carbonyl (C=O) groups is 1. The van der Waals surface area contributed by atoms with Crippen molar-refractivity contribution in [2.75, 3.05) is 0 Å². The molecule has 0 radical (unpaired) electrons. The van der Waals surface area contributed by atoms with Gasteiger partial charge in [-0.15, -0.1) is 0 Å². The fourth-order valence-corrected chi connectivity index (χ4v) is 2.69. The van der Waals surface area contributed by atoms with Crippen molar-refractivity contribution < 1.29 is 14.5 Å². The average Bonchev–Trinajstić information content (AvgIpc) is 2.42. The van der Waals surface area contributed by atoms with Gasteiger partial charge in [0.05, 0.1) is 15.0 Å². The van der Waals surface area contributed by atoms with Crippen molar-refractivity contribution in [2.24, 2.45) is 0 Å². The Labute approximate surface area is 144 Å². The molecule has 0 spiro atoms. The molecule has 0 aliphatic carbocycles. The molecule has 0 heterocycles. The first-order valence-corrected chi connectivity index (χ1v) is 7.11. The Morgan fingerprint density at radius 2 is 1.68 bits per heavy atom. The fraction of sp³-hybridized carbons (Fsp3) is 0. The van der Waals surface area contributed by atoms with Crippen LogP contribution in [0.3, 0.4) is 0 Å². The van der Waals surface area contributed by atoms with E-state index in [2.05, 4.69) is 0 Å². The van der Waals surface area contributed by atoms with Gasteiger partial charge in [-0.1, -0.05) is 34.8 Å². The predicted molar refractivity (Wildman–Crippen MR) is 84.8 cm³/mol. The average molecular weight is 381 g/mol. The molecular formula is C13H5Cl4NO4. The van der Waals surface area contributed by atoms with Gasteiger partial charge in [-0.2, -0.15) is 0 Å². The van der Waals surface area contributed by atoms with Crippen LogP contribution in [0.25, 0.3) is 0 Å². The molecule has 0 aromatic heterocycles. The first-order valence-electron chi connectivity index (χ1n) is 5.60. The molecular weight excluding hydrogens is 376 g/mol. The van der Waals surface area contributed by atoms with Crippen LogP contribution in [0.1, 0.15) is 10.4 Å². The second-order valence-corrected chi connectivity index (χ2v) is 5.60. The highest BCUT2D eigenvalue weighted by Crippen LogP contribution is 2.39. The summed E-state index contributed by atoms with van der Waals surface area (Å²) in [4.78, 5) is 21.4. The Hall–Kier alpha value is -1.53. The Balaban J connectivity index is 2.45. The Morgan fingerprint density at radius 3 is 2.18 bits per heavy atom. The van der Waals surface area contributed by atoms with E-state index < -0.39 is 15.9 Å². The lowest BCUT2D eigenvalue weighted by molar-refractivity contribution is -0.385. The zero-order valence-corrected chi connectivity index (χ0v) is 13.5. The van der Waals surface area contributed by atoms with Gasteiger partial charge in [-0.3, -0.25) is 14.9 Å². The molecule has 0 aliphatic rings. The van der Waals surface area contributed by atoms with E-state index >= 15 is 0 Å². The van der Waals surface area contributed by atoms with Crippen LogP contribution in [-0.2, 0) is 0 Å². The Bertz CT molecular complexity index is 756. The maximum Gasteiger partial charge on any atom is 0.281 e. The third kappa shape index (κ3) is 3.62. The lowest BCUT2D eigenvalue weighted by Crippen LogP contribution is -1.99. The zero-order valence-electron chi connectivity index (χ0n) is 10.5. The standard InChI is InChI=1S/C13H5Cl4NO4/c14-6-3-9(15)12(10(16)4-6)22-7-1-2-11(18(20)21)8(5-7)13(17)19/h1-5H. The quantitative estimate of drug-likeness (QED) is 0.386. The fourth-order valence-electron chi connectivity index (χ4n) is 1.64. The second-order valence-electron chi connectivity index (χ2n) is 4.01. The van der Waals surface area contributed by atoms with E-state index in [1.54, 1.807) is 0 Å². The van der Waals surface area contributed by atoms with Gasteiger partial charge in [0.2, 0.25) is 0 Å². The molecule has 0 unspecified atom stereocenters. The van der Waals surface area contributed by atoms with Crippen LogP contribution in [0.4, 0.5) is 5.69 Å². The summed E-state index contributed by atoms with van der Waals surface area (Å²) in [7, 11) is 0. The molecule has 114 valence electrons. The SMILES string of the molecule is O=C(Cl)c1cc(Oc2c(Cl)cc(Cl)cc2Cl)ccc1[N+](=O)[O-]. The topological polar surface area (TPSA) is 69.4 Å². The van der Waals surface area contributed by atoms with Crippen molar-refractivity contribution in [3.05, 3.63) is 61.1 Å². The molecule has 2 aromatic rings. The number of nitrogens with zero attached hydrogens (tertiary/aromatic N) is 1. The number of nitro benzene ring substituents is 1. The van der Waals surface area contributed by atoms with Crippen LogP contribution in [0.5, 0.6) is 11.5 Å². The van der Waals surface area contributed by atoms with Crippen LogP contribution in [0, 0.1) is 10.1 Å². The van der Waals surface area contributed by atoms with Crippen LogP contribution >= 0.6 is 46.4 Å². The zero-order chi connectivity index (χ0) is 16.4. The number of halogens is 4. The van der Waals surface area contributed by atoms with Crippen molar-refractivity contribution in [1.29, 1.82) is 0 Å². The van der Waals surface area contributed by atoms with E-state index in [0.29, 0.717) is 5.02 Å². The third-order valence-corrected chi connectivity index (χ3v) is 3.54. The lowest BCUT2D eigenvalue weighted by atomic mass is 10.2. The monoisotopic (exact) mass is 379 g/mol. The predicted octanol–water partition coefficient (Wildman–Crippen LogP) is 5.73. The van der Waals surface area contributed by atoms with Crippen molar-refractivity contribution in [2.45, 2.75) is 0 Å². The van der Waals surface area contributed by atoms with Crippen LogP contribution in [0.2, 0.25) is 15.1 Å². The number of nitro groups is 1. The number of hydrogen-bond donors (Lipinski definition) is 0. The smallest absolute Gasteiger partial charge is 0.281 e. The first-order chi connectivity index (χ1) is 10.3. The molecule has 0 aliphatic heterocycles. The number of hydrogen-bond acceptors (Lipinski definition) is 4. The van der Waals surface area contributed by atoms with Gasteiger partial charge >= 0.3 is 0 Å². The van der Waals surface area contributed by atoms with Gasteiger partial charge in [-0.25, -0.2) is 0 Å². The van der Waals surface area contributed by atoms with E-state index in [0.717, 1.165) is 12.1 Å². The summed E-state index contributed by atoms with van der Waals surface area (Å²) in [5.74, 6) is 0.218. The van der Waals surface area contributed by atoms with Gasteiger partial charge in [-0.05, 0) is 35.9 Å². The minimum Gasteiger partial charge on any atom is -0.454 e. The molecule has 22 heavy (non-hydrogen) atoms. The van der Waals surface area contributed by atoms with Crippen molar-refractivity contribution in [3.8, 4) is 11.5 Å². The maximum atomic E-state index is 11.3. The summed E-state index contributed by atoms with van der Waals surface area (Å²) in [6, 6.07) is 6.37. The van der Waals surface area contributed by atoms with Gasteiger partial charge in [0.25, 0.3) is 10.9 Å². The van der Waals surface area contributed by atoms with E-state index in [9.17, 15) is 14.9 Å². The van der Waals surface area contributed by atoms with Gasteiger partial charge < -0.3 is 4.74 Å². The van der Waals surface area contributed by atoms with Crippen LogP contribution in [0.15, 0.2) is 30.3 Å². The molecule has 5 nitrogen and oxygen atoms in total. The molecule has 0 atom stereocenters. The molecule has 2 aromatic carbocycles. The van der Waals surface area contributed by atoms with Gasteiger partial charge in [0, 0.05) is 11.1 Å². The van der Waals surface area contributed by atoms with E-state index in [4.69, 9.17) is 51.1 Å². The summed E-state index contributed by atoms with van der Waals surface area (Å²) in [5, 5.41) is 10.5. The molecule has 0 N–H and O–H groups in total. The molecule has 0 saturated heterocycles. The van der Waals surface area contributed by atoms with Crippen LogP contribution < -0.4 is 4.74 Å². The summed E-state index contributed by atoms with van der Waals surface area (Å²) in [6.45, 7) is 0. The minimum atomic E-state index is -0.981. The molecule has 0 fully saturated rings. The highest BCUT2D eigenvalue weighted by molar-refractivity contribution is 6.68. The Kier molecular flexibility index (Phi) is 5.13. The lowest BCUT2D eigenvalue weighted by Gasteiger charge is -2.10. The molecule has 9 heteroatoms. The second kappa shape index (κ2) is 6.71. The van der Waals surface area contributed by atoms with Crippen molar-refractivity contribution in [3.63, 3.8) is 0 Å². The summed E-state index contributed by atoms with van der Waals surface area (Å²) < 4.78 is 5.46.